The highest BCUT2D eigenvalue weighted by Gasteiger charge is 2.52. The highest BCUT2D eigenvalue weighted by atomic mass is 35.5. The van der Waals surface area contributed by atoms with Gasteiger partial charge in [-0.05, 0) is 63.3 Å². The Labute approximate surface area is 221 Å². The molecule has 190 valence electrons. The first kappa shape index (κ1) is 26.6. The van der Waals surface area contributed by atoms with Gasteiger partial charge in [-0.1, -0.05) is 29.8 Å². The zero-order chi connectivity index (χ0) is 26.8. The van der Waals surface area contributed by atoms with Crippen molar-refractivity contribution in [2.45, 2.75) is 59.0 Å². The predicted molar refractivity (Wildman–Crippen MR) is 139 cm³/mol. The van der Waals surface area contributed by atoms with E-state index in [4.69, 9.17) is 35.6 Å². The molecule has 37 heavy (non-hydrogen) atoms. The highest BCUT2D eigenvalue weighted by molar-refractivity contribution is 6.62. The molecule has 3 heterocycles. The maximum atomic E-state index is 11.6. The van der Waals surface area contributed by atoms with Crippen LogP contribution in [-0.2, 0) is 22.5 Å². The molecule has 0 N–H and O–H groups in total. The van der Waals surface area contributed by atoms with E-state index >= 15 is 0 Å². The summed E-state index contributed by atoms with van der Waals surface area (Å²) >= 11 is 6.35. The molecule has 2 aromatic heterocycles. The van der Waals surface area contributed by atoms with Crippen molar-refractivity contribution >= 4 is 30.5 Å². The molecular formula is C27H27BClN3O5. The van der Waals surface area contributed by atoms with Crippen molar-refractivity contribution in [1.29, 1.82) is 5.26 Å². The number of ether oxygens (including phenoxy) is 2. The molecule has 0 aliphatic carbocycles. The molecule has 0 amide bonds. The summed E-state index contributed by atoms with van der Waals surface area (Å²) in [6, 6.07) is 11.0. The molecule has 0 unspecified atom stereocenters. The van der Waals surface area contributed by atoms with Crippen LogP contribution < -0.4 is 14.9 Å². The van der Waals surface area contributed by atoms with Crippen molar-refractivity contribution in [2.24, 2.45) is 0 Å². The fourth-order valence-corrected chi connectivity index (χ4v) is 4.00. The van der Waals surface area contributed by atoms with Crippen LogP contribution in [0.1, 0.15) is 60.3 Å². The summed E-state index contributed by atoms with van der Waals surface area (Å²) in [6.07, 6.45) is 3.64. The number of benzene rings is 1. The molecule has 10 heteroatoms. The van der Waals surface area contributed by atoms with Gasteiger partial charge in [0, 0.05) is 18.0 Å². The van der Waals surface area contributed by atoms with E-state index in [0.717, 1.165) is 16.6 Å². The average molecular weight is 520 g/mol. The van der Waals surface area contributed by atoms with Gasteiger partial charge >= 0.3 is 7.12 Å². The van der Waals surface area contributed by atoms with Gasteiger partial charge in [0.15, 0.2) is 6.29 Å². The van der Waals surface area contributed by atoms with Gasteiger partial charge in [0.2, 0.25) is 11.8 Å². The fraction of sp³-hybridized carbons (Fsp3) is 0.333. The maximum absolute atomic E-state index is 11.6. The van der Waals surface area contributed by atoms with E-state index in [1.54, 1.807) is 12.3 Å². The lowest BCUT2D eigenvalue weighted by atomic mass is 9.75. The number of nitriles is 1. The smallest absolute Gasteiger partial charge is 0.472 e. The molecule has 1 fully saturated rings. The van der Waals surface area contributed by atoms with Crippen LogP contribution in [0.5, 0.6) is 11.8 Å². The number of nitrogens with zero attached hydrogens (tertiary/aromatic N) is 3. The van der Waals surface area contributed by atoms with E-state index in [2.05, 4.69) is 9.97 Å². The first-order chi connectivity index (χ1) is 17.5. The van der Waals surface area contributed by atoms with Crippen molar-refractivity contribution in [3.8, 4) is 17.8 Å². The molecule has 8 nitrogen and oxygen atoms in total. The van der Waals surface area contributed by atoms with E-state index in [0.29, 0.717) is 17.4 Å². The SMILES string of the molecule is Cc1c(COc2nc(OCc3cncc(C#N)c3)c(C=O)cc2Cl)cccc1B1OC(C)(C)C(C)(C)O1. The number of carbonyl (C=O) groups excluding carboxylic acids is 1. The predicted octanol–water partition coefficient (Wildman–Crippen LogP) is 4.58. The number of halogens is 1. The van der Waals surface area contributed by atoms with Crippen LogP contribution in [0.3, 0.4) is 0 Å². The monoisotopic (exact) mass is 519 g/mol. The molecule has 1 aromatic carbocycles. The van der Waals surface area contributed by atoms with Crippen LogP contribution in [0, 0.1) is 18.3 Å². The molecular weight excluding hydrogens is 493 g/mol. The summed E-state index contributed by atoms with van der Waals surface area (Å²) in [7, 11) is -0.493. The third-order valence-electron chi connectivity index (χ3n) is 6.72. The van der Waals surface area contributed by atoms with Gasteiger partial charge in [-0.3, -0.25) is 9.78 Å². The number of rotatable bonds is 8. The minimum atomic E-state index is -0.493. The van der Waals surface area contributed by atoms with Crippen molar-refractivity contribution in [3.05, 3.63) is 75.6 Å². The second kappa shape index (κ2) is 10.5. The average Bonchev–Trinajstić information content (AvgIpc) is 3.09. The molecule has 1 aliphatic rings. The van der Waals surface area contributed by atoms with E-state index in [1.807, 2.05) is 58.9 Å². The number of aromatic nitrogens is 2. The van der Waals surface area contributed by atoms with Crippen LogP contribution in [0.4, 0.5) is 0 Å². The lowest BCUT2D eigenvalue weighted by molar-refractivity contribution is 0.00578. The van der Waals surface area contributed by atoms with E-state index in [1.165, 1.54) is 12.3 Å². The van der Waals surface area contributed by atoms with Crippen LogP contribution in [0.2, 0.25) is 5.02 Å². The number of hydrogen-bond acceptors (Lipinski definition) is 8. The van der Waals surface area contributed by atoms with Gasteiger partial charge in [-0.15, -0.1) is 0 Å². The van der Waals surface area contributed by atoms with Gasteiger partial charge in [-0.25, -0.2) is 0 Å². The van der Waals surface area contributed by atoms with Crippen LogP contribution >= 0.6 is 11.6 Å². The van der Waals surface area contributed by atoms with E-state index < -0.39 is 18.3 Å². The Bertz CT molecular complexity index is 1360. The highest BCUT2D eigenvalue weighted by Crippen LogP contribution is 2.37. The van der Waals surface area contributed by atoms with Crippen LogP contribution in [-0.4, -0.2) is 34.6 Å². The molecule has 0 saturated carbocycles. The Hall–Kier alpha value is -3.45. The van der Waals surface area contributed by atoms with Gasteiger partial charge in [0.25, 0.3) is 0 Å². The third kappa shape index (κ3) is 5.62. The van der Waals surface area contributed by atoms with Gasteiger partial charge < -0.3 is 18.8 Å². The molecule has 4 rings (SSSR count). The second-order valence-corrected chi connectivity index (χ2v) is 10.2. The largest absolute Gasteiger partial charge is 0.495 e. The Balaban J connectivity index is 1.51. The lowest BCUT2D eigenvalue weighted by Crippen LogP contribution is -2.41. The topological polar surface area (TPSA) is 104 Å². The minimum Gasteiger partial charge on any atom is -0.472 e. The van der Waals surface area contributed by atoms with Crippen molar-refractivity contribution in [2.75, 3.05) is 0 Å². The molecule has 1 aliphatic heterocycles. The summed E-state index contributed by atoms with van der Waals surface area (Å²) in [5, 5.41) is 9.24. The van der Waals surface area contributed by atoms with Crippen molar-refractivity contribution in [3.63, 3.8) is 0 Å². The Morgan fingerprint density at radius 3 is 2.46 bits per heavy atom. The number of aldehydes is 1. The number of carbonyl (C=O) groups is 1. The molecule has 3 aromatic rings. The Morgan fingerprint density at radius 2 is 1.78 bits per heavy atom. The zero-order valence-electron chi connectivity index (χ0n) is 21.4. The first-order valence-electron chi connectivity index (χ1n) is 11.7. The van der Waals surface area contributed by atoms with Gasteiger partial charge in [-0.2, -0.15) is 10.2 Å². The van der Waals surface area contributed by atoms with Crippen molar-refractivity contribution < 1.29 is 23.6 Å². The summed E-state index contributed by atoms with van der Waals surface area (Å²) in [6.45, 7) is 10.3. The van der Waals surface area contributed by atoms with Crippen LogP contribution in [0.15, 0.2) is 42.7 Å². The minimum absolute atomic E-state index is 0.0622. The molecule has 0 spiro atoms. The summed E-state index contributed by atoms with van der Waals surface area (Å²) in [5.74, 6) is 0.200. The summed E-state index contributed by atoms with van der Waals surface area (Å²) in [5.41, 5.74) is 3.16. The van der Waals surface area contributed by atoms with Crippen molar-refractivity contribution in [1.82, 2.24) is 9.97 Å². The Kier molecular flexibility index (Phi) is 7.55. The molecule has 0 bridgehead atoms. The summed E-state index contributed by atoms with van der Waals surface area (Å²) < 4.78 is 24.1. The van der Waals surface area contributed by atoms with Gasteiger partial charge in [0.05, 0.1) is 22.3 Å². The number of pyridine rings is 2. The summed E-state index contributed by atoms with van der Waals surface area (Å²) in [4.78, 5) is 19.9. The second-order valence-electron chi connectivity index (χ2n) is 9.78. The lowest BCUT2D eigenvalue weighted by Gasteiger charge is -2.32. The Morgan fingerprint density at radius 1 is 1.08 bits per heavy atom. The van der Waals surface area contributed by atoms with Gasteiger partial charge in [0.1, 0.15) is 24.3 Å². The molecule has 0 atom stereocenters. The fourth-order valence-electron chi connectivity index (χ4n) is 3.78. The first-order valence-corrected chi connectivity index (χ1v) is 12.1. The molecule has 1 saturated heterocycles. The van der Waals surface area contributed by atoms with Crippen LogP contribution in [0.25, 0.3) is 0 Å². The normalized spacial score (nSPS) is 15.8. The number of hydrogen-bond donors (Lipinski definition) is 0. The van der Waals surface area contributed by atoms with E-state index in [9.17, 15) is 4.79 Å². The zero-order valence-corrected chi connectivity index (χ0v) is 22.1. The van der Waals surface area contributed by atoms with E-state index in [-0.39, 0.29) is 35.6 Å². The maximum Gasteiger partial charge on any atom is 0.495 e. The third-order valence-corrected chi connectivity index (χ3v) is 6.99. The quantitative estimate of drug-likeness (QED) is 0.315. The molecule has 0 radical (unpaired) electrons. The standard InChI is InChI=1S/C27H27BClN3O5/c1-17-20(7-6-8-22(17)28-36-26(2,3)27(4,5)37-28)16-35-25-23(29)10-21(14-33)24(32-25)34-15-19-9-18(11-30)12-31-13-19/h6-10,12-14H,15-16H2,1-5H3.